The van der Waals surface area contributed by atoms with E-state index in [4.69, 9.17) is 15.2 Å². The van der Waals surface area contributed by atoms with E-state index < -0.39 is 5.41 Å². The Kier molecular flexibility index (Phi) is 14.6. The first-order valence-corrected chi connectivity index (χ1v) is 19.3. The third-order valence-electron chi connectivity index (χ3n) is 11.4. The van der Waals surface area contributed by atoms with Gasteiger partial charge < -0.3 is 25.0 Å². The van der Waals surface area contributed by atoms with Gasteiger partial charge in [-0.25, -0.2) is 0 Å². The quantitative estimate of drug-likeness (QED) is 0.124. The van der Waals surface area contributed by atoms with E-state index in [2.05, 4.69) is 45.9 Å². The molecule has 0 aliphatic carbocycles. The summed E-state index contributed by atoms with van der Waals surface area (Å²) in [5.74, 6) is 1.75. The topological polar surface area (TPSA) is 71.3 Å². The lowest BCUT2D eigenvalue weighted by Gasteiger charge is -2.39. The zero-order valence-electron chi connectivity index (χ0n) is 31.0. The Balaban J connectivity index is 1.04. The van der Waals surface area contributed by atoms with E-state index >= 15 is 0 Å². The van der Waals surface area contributed by atoms with Crippen LogP contribution in [0.5, 0.6) is 11.5 Å². The highest BCUT2D eigenvalue weighted by Crippen LogP contribution is 2.43. The number of unbranched alkanes of at least 4 members (excludes halogenated alkanes) is 5. The third-order valence-corrected chi connectivity index (χ3v) is 11.4. The molecule has 2 heterocycles. The molecule has 2 fully saturated rings. The van der Waals surface area contributed by atoms with Gasteiger partial charge in [-0.15, -0.1) is 0 Å². The number of amides is 1. The summed E-state index contributed by atoms with van der Waals surface area (Å²) in [4.78, 5) is 21.3. The first-order chi connectivity index (χ1) is 24.5. The molecule has 2 N–H and O–H groups in total. The third kappa shape index (κ3) is 9.28. The van der Waals surface area contributed by atoms with Gasteiger partial charge in [0.1, 0.15) is 16.9 Å². The first-order valence-electron chi connectivity index (χ1n) is 19.3. The maximum Gasteiger partial charge on any atom is 0.232 e. The van der Waals surface area contributed by atoms with Gasteiger partial charge in [-0.3, -0.25) is 9.69 Å². The summed E-state index contributed by atoms with van der Waals surface area (Å²) in [6, 6.07) is 27.2. The van der Waals surface area contributed by atoms with Crippen LogP contribution in [0.4, 0.5) is 0 Å². The summed E-state index contributed by atoms with van der Waals surface area (Å²) in [5.41, 5.74) is 8.68. The summed E-state index contributed by atoms with van der Waals surface area (Å²) in [6.45, 7) is 10.9. The number of ether oxygens (including phenoxy) is 2. The lowest BCUT2D eigenvalue weighted by Crippen LogP contribution is -2.49. The normalized spacial score (nSPS) is 17.7. The van der Waals surface area contributed by atoms with Crippen molar-refractivity contribution in [2.45, 2.75) is 89.1 Å². The average Bonchev–Trinajstić information content (AvgIpc) is 3.63. The molecule has 3 aromatic carbocycles. The largest absolute Gasteiger partial charge is 0.496 e. The number of piperidine rings is 1. The highest BCUT2D eigenvalue weighted by molar-refractivity contribution is 5.91. The van der Waals surface area contributed by atoms with Gasteiger partial charge in [0.15, 0.2) is 0 Å². The number of carbonyl (C=O) groups excluding carboxylic acids is 1. The molecule has 0 spiro atoms. The fourth-order valence-electron chi connectivity index (χ4n) is 8.68. The second-order valence-corrected chi connectivity index (χ2v) is 14.5. The fourth-order valence-corrected chi connectivity index (χ4v) is 8.68. The number of rotatable bonds is 20. The number of nitrogens with two attached hydrogens (primary N) is 1. The molecule has 7 heteroatoms. The molecule has 5 rings (SSSR count). The zero-order valence-corrected chi connectivity index (χ0v) is 31.0. The van der Waals surface area contributed by atoms with Crippen molar-refractivity contribution in [1.82, 2.24) is 14.7 Å². The van der Waals surface area contributed by atoms with Gasteiger partial charge in [-0.05, 0) is 107 Å². The van der Waals surface area contributed by atoms with Crippen molar-refractivity contribution in [1.29, 1.82) is 0 Å². The molecule has 2 aliphatic rings. The van der Waals surface area contributed by atoms with Crippen LogP contribution in [0.25, 0.3) is 0 Å². The SMILES string of the molecule is CCCCN(CCCCCCCN1CC[C@@H](C(C(N)=O)(c2ccccc2)c2ccccc2)C1)C1CCN(Cc2c(OC)cccc2OC)CC1. The number of hydrogen-bond acceptors (Lipinski definition) is 6. The summed E-state index contributed by atoms with van der Waals surface area (Å²) in [6.07, 6.45) is 12.3. The Morgan fingerprint density at radius 3 is 1.88 bits per heavy atom. The van der Waals surface area contributed by atoms with Crippen LogP contribution in [0.1, 0.15) is 87.8 Å². The molecule has 0 bridgehead atoms. The van der Waals surface area contributed by atoms with Crippen LogP contribution < -0.4 is 15.2 Å². The van der Waals surface area contributed by atoms with E-state index in [9.17, 15) is 4.79 Å². The van der Waals surface area contributed by atoms with Gasteiger partial charge in [-0.1, -0.05) is 99.3 Å². The van der Waals surface area contributed by atoms with Crippen LogP contribution in [-0.2, 0) is 16.8 Å². The molecule has 0 radical (unpaired) electrons. The lowest BCUT2D eigenvalue weighted by molar-refractivity contribution is -0.123. The number of methoxy groups -OCH3 is 2. The number of carbonyl (C=O) groups is 1. The molecular formula is C43H62N4O3. The Hall–Kier alpha value is -3.39. The minimum Gasteiger partial charge on any atom is -0.496 e. The van der Waals surface area contributed by atoms with Crippen LogP contribution in [-0.4, -0.2) is 86.7 Å². The fraction of sp³-hybridized carbons (Fsp3) is 0.558. The number of nitrogens with zero attached hydrogens (tertiary/aromatic N) is 3. The Morgan fingerprint density at radius 2 is 1.30 bits per heavy atom. The van der Waals surface area contributed by atoms with Crippen molar-refractivity contribution in [3.8, 4) is 11.5 Å². The molecule has 1 atom stereocenters. The molecule has 7 nitrogen and oxygen atoms in total. The maximum atomic E-state index is 13.4. The maximum absolute atomic E-state index is 13.4. The van der Waals surface area contributed by atoms with Crippen molar-refractivity contribution in [3.63, 3.8) is 0 Å². The van der Waals surface area contributed by atoms with E-state index in [0.29, 0.717) is 6.04 Å². The predicted molar refractivity (Wildman–Crippen MR) is 205 cm³/mol. The Morgan fingerprint density at radius 1 is 0.740 bits per heavy atom. The number of benzene rings is 3. The molecule has 50 heavy (non-hydrogen) atoms. The monoisotopic (exact) mass is 682 g/mol. The molecule has 0 unspecified atom stereocenters. The Bertz CT molecular complexity index is 1360. The van der Waals surface area contributed by atoms with Crippen LogP contribution in [0.3, 0.4) is 0 Å². The molecular weight excluding hydrogens is 620 g/mol. The second-order valence-electron chi connectivity index (χ2n) is 14.5. The summed E-state index contributed by atoms with van der Waals surface area (Å²) < 4.78 is 11.3. The van der Waals surface area contributed by atoms with Crippen molar-refractivity contribution in [2.75, 3.05) is 60.0 Å². The summed E-state index contributed by atoms with van der Waals surface area (Å²) >= 11 is 0. The van der Waals surface area contributed by atoms with E-state index in [-0.39, 0.29) is 11.8 Å². The molecule has 0 saturated carbocycles. The molecule has 1 amide bonds. The standard InChI is InChI=1S/C43H62N4O3/c1-4-5-28-47(38-25-31-46(32-26-38)34-39-40(49-2)22-17-23-41(39)50-3)29-16-8-6-7-15-27-45-30-24-37(33-45)43(42(44)48,35-18-11-9-12-19-35)36-20-13-10-14-21-36/h9-14,17-23,37-38H,4-8,15-16,24-34H2,1-3H3,(H2,44,48)/t37-/m1/s1. The second kappa shape index (κ2) is 19.3. The highest BCUT2D eigenvalue weighted by Gasteiger charge is 2.49. The molecule has 0 aromatic heterocycles. The van der Waals surface area contributed by atoms with Crippen LogP contribution in [0, 0.1) is 5.92 Å². The smallest absolute Gasteiger partial charge is 0.232 e. The van der Waals surface area contributed by atoms with Gasteiger partial charge >= 0.3 is 0 Å². The average molecular weight is 683 g/mol. The molecule has 3 aromatic rings. The number of likely N-dealkylation sites (tertiary alicyclic amines) is 2. The van der Waals surface area contributed by atoms with Crippen molar-refractivity contribution in [2.24, 2.45) is 11.7 Å². The Labute approximate surface area is 302 Å². The molecule has 2 saturated heterocycles. The van der Waals surface area contributed by atoms with Gasteiger partial charge in [0.25, 0.3) is 0 Å². The minimum absolute atomic E-state index is 0.162. The summed E-state index contributed by atoms with van der Waals surface area (Å²) in [5, 5.41) is 0. The van der Waals surface area contributed by atoms with E-state index in [0.717, 1.165) is 73.9 Å². The zero-order chi connectivity index (χ0) is 35.2. The number of hydrogen-bond donors (Lipinski definition) is 1. The van der Waals surface area contributed by atoms with Crippen molar-refractivity contribution >= 4 is 5.91 Å². The van der Waals surface area contributed by atoms with E-state index in [1.807, 2.05) is 54.6 Å². The van der Waals surface area contributed by atoms with Gasteiger partial charge in [0, 0.05) is 19.1 Å². The van der Waals surface area contributed by atoms with Gasteiger partial charge in [0.05, 0.1) is 19.8 Å². The van der Waals surface area contributed by atoms with Gasteiger partial charge in [-0.2, -0.15) is 0 Å². The first kappa shape index (κ1) is 37.9. The van der Waals surface area contributed by atoms with Crippen LogP contribution in [0.15, 0.2) is 78.9 Å². The van der Waals surface area contributed by atoms with Crippen LogP contribution >= 0.6 is 0 Å². The number of primary amides is 1. The summed E-state index contributed by atoms with van der Waals surface area (Å²) in [7, 11) is 3.49. The highest BCUT2D eigenvalue weighted by atomic mass is 16.5. The lowest BCUT2D eigenvalue weighted by atomic mass is 9.64. The van der Waals surface area contributed by atoms with Crippen molar-refractivity contribution < 1.29 is 14.3 Å². The van der Waals surface area contributed by atoms with Crippen molar-refractivity contribution in [3.05, 3.63) is 95.6 Å². The van der Waals surface area contributed by atoms with E-state index in [1.54, 1.807) is 14.2 Å². The molecule has 2 aliphatic heterocycles. The predicted octanol–water partition coefficient (Wildman–Crippen LogP) is 7.51. The molecule has 272 valence electrons. The minimum atomic E-state index is -0.805. The van der Waals surface area contributed by atoms with E-state index in [1.165, 1.54) is 70.9 Å². The van der Waals surface area contributed by atoms with Crippen LogP contribution in [0.2, 0.25) is 0 Å². The van der Waals surface area contributed by atoms with Gasteiger partial charge in [0.2, 0.25) is 5.91 Å².